The van der Waals surface area contributed by atoms with E-state index in [0.717, 1.165) is 0 Å². The van der Waals surface area contributed by atoms with E-state index in [4.69, 9.17) is 0 Å². The van der Waals surface area contributed by atoms with E-state index < -0.39 is 0 Å². The monoisotopic (exact) mass is 126 g/mol. The number of thiol groups is 1. The van der Waals surface area contributed by atoms with Crippen molar-refractivity contribution in [2.75, 3.05) is 0 Å². The molecule has 0 fully saturated rings. The topological polar surface area (TPSA) is 0 Å². The van der Waals surface area contributed by atoms with Crippen molar-refractivity contribution in [2.45, 2.75) is 12.2 Å². The maximum atomic E-state index is 4.29. The fourth-order valence-electron chi connectivity index (χ4n) is 0.771. The molecule has 0 heterocycles. The van der Waals surface area contributed by atoms with Gasteiger partial charge in [-0.2, -0.15) is 12.6 Å². The number of hydrogen-bond acceptors (Lipinski definition) is 1. The highest BCUT2D eigenvalue weighted by Gasteiger charge is 2.07. The predicted octanol–water partition coefficient (Wildman–Crippen LogP) is 2.05. The highest BCUT2D eigenvalue weighted by molar-refractivity contribution is 7.80. The lowest BCUT2D eigenvalue weighted by Gasteiger charge is -2.06. The Bertz CT molecular complexity index is 110. The van der Waals surface area contributed by atoms with Crippen molar-refractivity contribution in [3.8, 4) is 0 Å². The molecule has 0 saturated carbocycles. The summed E-state index contributed by atoms with van der Waals surface area (Å²) in [4.78, 5) is 0. The molecule has 0 saturated heterocycles. The average molecular weight is 126 g/mol. The zero-order chi connectivity index (χ0) is 5.98. The van der Waals surface area contributed by atoms with Crippen LogP contribution in [0.3, 0.4) is 0 Å². The van der Waals surface area contributed by atoms with E-state index in [1.54, 1.807) is 0 Å². The van der Waals surface area contributed by atoms with Gasteiger partial charge in [0.1, 0.15) is 0 Å². The molecular weight excluding hydrogens is 116 g/mol. The van der Waals surface area contributed by atoms with Crippen LogP contribution < -0.4 is 0 Å². The first kappa shape index (κ1) is 5.96. The Morgan fingerprint density at radius 3 is 2.12 bits per heavy atom. The minimum atomic E-state index is 0.463. The Labute approximate surface area is 55.7 Å². The van der Waals surface area contributed by atoms with E-state index >= 15 is 0 Å². The molecule has 1 aliphatic carbocycles. The van der Waals surface area contributed by atoms with E-state index in [2.05, 4.69) is 43.9 Å². The van der Waals surface area contributed by atoms with Gasteiger partial charge in [-0.05, 0) is 0 Å². The molecule has 44 valence electrons. The smallest absolute Gasteiger partial charge is 0.00862 e. The Kier molecular flexibility index (Phi) is 1.79. The van der Waals surface area contributed by atoms with Gasteiger partial charge in [0.2, 0.25) is 0 Å². The lowest BCUT2D eigenvalue weighted by molar-refractivity contribution is 0.810. The minimum absolute atomic E-state index is 0.463. The van der Waals surface area contributed by atoms with Gasteiger partial charge in [-0.3, -0.25) is 0 Å². The van der Waals surface area contributed by atoms with Gasteiger partial charge >= 0.3 is 0 Å². The Morgan fingerprint density at radius 1 is 1.38 bits per heavy atom. The molecule has 1 heteroatoms. The zero-order valence-electron chi connectivity index (χ0n) is 4.91. The van der Waals surface area contributed by atoms with Crippen LogP contribution in [0.1, 0.15) is 6.92 Å². The van der Waals surface area contributed by atoms with E-state index in [9.17, 15) is 0 Å². The van der Waals surface area contributed by atoms with Crippen LogP contribution in [0.25, 0.3) is 0 Å². The number of allylic oxidation sites excluding steroid dienone is 4. The summed E-state index contributed by atoms with van der Waals surface area (Å²) < 4.78 is 0. The van der Waals surface area contributed by atoms with Crippen molar-refractivity contribution in [2.24, 2.45) is 5.92 Å². The molecule has 0 N–H and O–H groups in total. The summed E-state index contributed by atoms with van der Waals surface area (Å²) in [7, 11) is 0. The summed E-state index contributed by atoms with van der Waals surface area (Å²) in [6.45, 7) is 2.10. The standard InChI is InChI=1S/C7H10S/c1-6(8)7-4-2-3-5-7/h2-8H,1H3. The van der Waals surface area contributed by atoms with Gasteiger partial charge in [0, 0.05) is 11.2 Å². The summed E-state index contributed by atoms with van der Waals surface area (Å²) in [6, 6.07) is 0. The summed E-state index contributed by atoms with van der Waals surface area (Å²) in [6.07, 6.45) is 8.46. The quantitative estimate of drug-likeness (QED) is 0.511. The molecule has 0 radical (unpaired) electrons. The van der Waals surface area contributed by atoms with Gasteiger partial charge < -0.3 is 0 Å². The van der Waals surface area contributed by atoms with Crippen LogP contribution in [0, 0.1) is 5.92 Å². The summed E-state index contributed by atoms with van der Waals surface area (Å²) >= 11 is 4.29. The van der Waals surface area contributed by atoms with Crippen molar-refractivity contribution in [3.63, 3.8) is 0 Å². The van der Waals surface area contributed by atoms with Crippen molar-refractivity contribution < 1.29 is 0 Å². The van der Waals surface area contributed by atoms with Gasteiger partial charge in [0.15, 0.2) is 0 Å². The highest BCUT2D eigenvalue weighted by atomic mass is 32.1. The molecule has 0 aromatic heterocycles. The second-order valence-corrected chi connectivity index (χ2v) is 2.90. The van der Waals surface area contributed by atoms with E-state index in [0.29, 0.717) is 11.2 Å². The molecule has 1 rings (SSSR count). The fraction of sp³-hybridized carbons (Fsp3) is 0.429. The lowest BCUT2D eigenvalue weighted by Crippen LogP contribution is -2.02. The first-order valence-electron chi connectivity index (χ1n) is 2.84. The molecule has 8 heavy (non-hydrogen) atoms. The Morgan fingerprint density at radius 2 is 1.88 bits per heavy atom. The Balaban J connectivity index is 2.49. The maximum absolute atomic E-state index is 4.29. The molecule has 0 aromatic rings. The van der Waals surface area contributed by atoms with Crippen LogP contribution in [-0.4, -0.2) is 5.25 Å². The third kappa shape index (κ3) is 1.16. The molecule has 0 aliphatic heterocycles. The van der Waals surface area contributed by atoms with Crippen LogP contribution >= 0.6 is 12.6 Å². The third-order valence-corrected chi connectivity index (χ3v) is 1.68. The molecule has 0 bridgehead atoms. The van der Waals surface area contributed by atoms with Gasteiger partial charge in [-0.1, -0.05) is 31.2 Å². The molecule has 0 nitrogen and oxygen atoms in total. The summed E-state index contributed by atoms with van der Waals surface area (Å²) in [5.41, 5.74) is 0. The Hall–Kier alpha value is -0.170. The van der Waals surface area contributed by atoms with Crippen molar-refractivity contribution in [1.82, 2.24) is 0 Å². The van der Waals surface area contributed by atoms with Crippen LogP contribution in [0.5, 0.6) is 0 Å². The lowest BCUT2D eigenvalue weighted by atomic mass is 10.1. The second-order valence-electron chi connectivity index (χ2n) is 2.09. The number of hydrogen-bond donors (Lipinski definition) is 1. The SMILES string of the molecule is CC(S)C1C=CC=C1. The zero-order valence-corrected chi connectivity index (χ0v) is 5.81. The van der Waals surface area contributed by atoms with Gasteiger partial charge in [0.05, 0.1) is 0 Å². The van der Waals surface area contributed by atoms with Crippen molar-refractivity contribution in [3.05, 3.63) is 24.3 Å². The fourth-order valence-corrected chi connectivity index (χ4v) is 0.969. The molecule has 0 spiro atoms. The van der Waals surface area contributed by atoms with Gasteiger partial charge in [-0.25, -0.2) is 0 Å². The second kappa shape index (κ2) is 2.40. The van der Waals surface area contributed by atoms with Gasteiger partial charge in [0.25, 0.3) is 0 Å². The molecule has 0 amide bonds. The van der Waals surface area contributed by atoms with Crippen LogP contribution in [0.4, 0.5) is 0 Å². The summed E-state index contributed by atoms with van der Waals surface area (Å²) in [5.74, 6) is 0.568. The third-order valence-electron chi connectivity index (χ3n) is 1.33. The average Bonchev–Trinajstić information content (AvgIpc) is 2.12. The van der Waals surface area contributed by atoms with E-state index in [-0.39, 0.29) is 0 Å². The van der Waals surface area contributed by atoms with Gasteiger partial charge in [-0.15, -0.1) is 0 Å². The van der Waals surface area contributed by atoms with E-state index in [1.165, 1.54) is 0 Å². The molecular formula is C7H10S. The molecule has 1 unspecified atom stereocenters. The molecule has 1 atom stereocenters. The molecule has 0 aromatic carbocycles. The first-order valence-corrected chi connectivity index (χ1v) is 3.35. The van der Waals surface area contributed by atoms with Crippen LogP contribution in [0.15, 0.2) is 24.3 Å². The first-order chi connectivity index (χ1) is 3.80. The van der Waals surface area contributed by atoms with Crippen molar-refractivity contribution >= 4 is 12.6 Å². The normalized spacial score (nSPS) is 22.2. The minimum Gasteiger partial charge on any atom is -0.175 e. The number of rotatable bonds is 1. The largest absolute Gasteiger partial charge is 0.175 e. The van der Waals surface area contributed by atoms with Crippen LogP contribution in [-0.2, 0) is 0 Å². The van der Waals surface area contributed by atoms with Crippen molar-refractivity contribution in [1.29, 1.82) is 0 Å². The van der Waals surface area contributed by atoms with Crippen LogP contribution in [0.2, 0.25) is 0 Å². The highest BCUT2D eigenvalue weighted by Crippen LogP contribution is 2.16. The predicted molar refractivity (Wildman–Crippen MR) is 40.2 cm³/mol. The molecule has 1 aliphatic rings. The van der Waals surface area contributed by atoms with E-state index in [1.807, 2.05) is 0 Å². The summed E-state index contributed by atoms with van der Waals surface area (Å²) in [5, 5.41) is 0.463. The maximum Gasteiger partial charge on any atom is 0.00862 e.